The van der Waals surface area contributed by atoms with Gasteiger partial charge in [-0.3, -0.25) is 0 Å². The second kappa shape index (κ2) is 11.5. The molecule has 0 aliphatic carbocycles. The average Bonchev–Trinajstić information content (AvgIpc) is 2.16. The summed E-state index contributed by atoms with van der Waals surface area (Å²) < 4.78 is 5.22. The Hall–Kier alpha value is -0.500. The van der Waals surface area contributed by atoms with Gasteiger partial charge in [-0.15, -0.1) is 0 Å². The molecule has 2 N–H and O–H groups in total. The van der Waals surface area contributed by atoms with Gasteiger partial charge in [0.2, 0.25) is 0 Å². The van der Waals surface area contributed by atoms with Gasteiger partial charge in [0.15, 0.2) is 0 Å². The molecule has 0 rings (SSSR count). The van der Waals surface area contributed by atoms with Crippen molar-refractivity contribution in [3.63, 3.8) is 0 Å². The predicted molar refractivity (Wildman–Crippen MR) is 57.5 cm³/mol. The first-order valence-corrected chi connectivity index (χ1v) is 5.38. The summed E-state index contributed by atoms with van der Waals surface area (Å²) in [5.74, 6) is 0. The minimum absolute atomic E-state index is 0.713. The average molecular weight is 185 g/mol. The van der Waals surface area contributed by atoms with Gasteiger partial charge >= 0.3 is 0 Å². The van der Waals surface area contributed by atoms with Crippen molar-refractivity contribution in [2.75, 3.05) is 13.2 Å². The van der Waals surface area contributed by atoms with Crippen LogP contribution in [0.1, 0.15) is 45.4 Å². The summed E-state index contributed by atoms with van der Waals surface area (Å²) in [5.41, 5.74) is 5.32. The molecule has 0 aromatic heterocycles. The minimum atomic E-state index is 0.713. The third kappa shape index (κ3) is 11.5. The number of hydrogen-bond donors (Lipinski definition) is 1. The zero-order valence-corrected chi connectivity index (χ0v) is 8.80. The number of rotatable bonds is 9. The summed E-state index contributed by atoms with van der Waals surface area (Å²) >= 11 is 0. The molecule has 0 aliphatic rings. The van der Waals surface area contributed by atoms with E-state index in [2.05, 4.69) is 13.0 Å². The first-order chi connectivity index (χ1) is 6.41. The molecule has 2 heteroatoms. The maximum absolute atomic E-state index is 5.32. The normalized spacial score (nSPS) is 10.9. The summed E-state index contributed by atoms with van der Waals surface area (Å²) in [6.45, 7) is 3.69. The van der Waals surface area contributed by atoms with Crippen LogP contribution < -0.4 is 5.73 Å². The Bertz CT molecular complexity index is 113. The SMILES string of the molecule is CCCCCCC=COCCCN. The molecule has 78 valence electrons. The van der Waals surface area contributed by atoms with Crippen LogP contribution in [0.3, 0.4) is 0 Å². The van der Waals surface area contributed by atoms with Gasteiger partial charge in [0, 0.05) is 0 Å². The number of unbranched alkanes of at least 4 members (excludes halogenated alkanes) is 4. The van der Waals surface area contributed by atoms with Gasteiger partial charge < -0.3 is 10.5 Å². The number of ether oxygens (including phenoxy) is 1. The molecule has 0 saturated carbocycles. The molecular formula is C11H23NO. The van der Waals surface area contributed by atoms with Gasteiger partial charge in [0.05, 0.1) is 12.9 Å². The van der Waals surface area contributed by atoms with E-state index in [9.17, 15) is 0 Å². The van der Waals surface area contributed by atoms with Crippen molar-refractivity contribution in [1.82, 2.24) is 0 Å². The summed E-state index contributed by atoms with van der Waals surface area (Å²) in [6, 6.07) is 0. The van der Waals surface area contributed by atoms with Crippen molar-refractivity contribution in [3.8, 4) is 0 Å². The van der Waals surface area contributed by atoms with Crippen LogP contribution in [0.15, 0.2) is 12.3 Å². The fraction of sp³-hybridized carbons (Fsp3) is 0.818. The Morgan fingerprint density at radius 2 is 2.00 bits per heavy atom. The highest BCUT2D eigenvalue weighted by Crippen LogP contribution is 2.02. The van der Waals surface area contributed by atoms with Gasteiger partial charge in [0.1, 0.15) is 0 Å². The molecule has 13 heavy (non-hydrogen) atoms. The van der Waals surface area contributed by atoms with Crippen LogP contribution in [-0.4, -0.2) is 13.2 Å². The number of allylic oxidation sites excluding steroid dienone is 1. The molecular weight excluding hydrogens is 162 g/mol. The molecule has 0 fully saturated rings. The highest BCUT2D eigenvalue weighted by atomic mass is 16.5. The molecule has 0 unspecified atom stereocenters. The van der Waals surface area contributed by atoms with Crippen LogP contribution in [0.2, 0.25) is 0 Å². The van der Waals surface area contributed by atoms with Gasteiger partial charge in [-0.2, -0.15) is 0 Å². The van der Waals surface area contributed by atoms with Gasteiger partial charge in [-0.25, -0.2) is 0 Å². The Labute approximate surface area is 82.2 Å². The van der Waals surface area contributed by atoms with Crippen LogP contribution >= 0.6 is 0 Å². The Morgan fingerprint density at radius 3 is 2.69 bits per heavy atom. The number of nitrogens with two attached hydrogens (primary N) is 1. The van der Waals surface area contributed by atoms with Crippen LogP contribution in [-0.2, 0) is 4.74 Å². The van der Waals surface area contributed by atoms with E-state index >= 15 is 0 Å². The van der Waals surface area contributed by atoms with E-state index in [-0.39, 0.29) is 0 Å². The van der Waals surface area contributed by atoms with E-state index in [1.54, 1.807) is 0 Å². The van der Waals surface area contributed by atoms with E-state index in [0.29, 0.717) is 6.54 Å². The van der Waals surface area contributed by atoms with E-state index in [1.807, 2.05) is 6.26 Å². The lowest BCUT2D eigenvalue weighted by Crippen LogP contribution is -2.01. The Balaban J connectivity index is 2.95. The molecule has 0 bridgehead atoms. The summed E-state index contributed by atoms with van der Waals surface area (Å²) in [6.07, 6.45) is 11.3. The quantitative estimate of drug-likeness (QED) is 0.443. The van der Waals surface area contributed by atoms with E-state index in [0.717, 1.165) is 19.4 Å². The first kappa shape index (κ1) is 12.5. The van der Waals surface area contributed by atoms with Gasteiger partial charge in [-0.1, -0.05) is 26.2 Å². The standard InChI is InChI=1S/C11H23NO/c1-2-3-4-5-6-7-10-13-11-8-9-12/h7,10H,2-6,8-9,11-12H2,1H3. The molecule has 0 amide bonds. The van der Waals surface area contributed by atoms with E-state index in [1.165, 1.54) is 25.7 Å². The van der Waals surface area contributed by atoms with Crippen molar-refractivity contribution in [2.24, 2.45) is 5.73 Å². The van der Waals surface area contributed by atoms with Crippen molar-refractivity contribution in [1.29, 1.82) is 0 Å². The smallest absolute Gasteiger partial charge is 0.0885 e. The highest BCUT2D eigenvalue weighted by Gasteiger charge is 1.84. The van der Waals surface area contributed by atoms with Crippen LogP contribution in [0, 0.1) is 0 Å². The molecule has 0 atom stereocenters. The van der Waals surface area contributed by atoms with Crippen molar-refractivity contribution < 1.29 is 4.74 Å². The monoisotopic (exact) mass is 185 g/mol. The Morgan fingerprint density at radius 1 is 1.15 bits per heavy atom. The third-order valence-electron chi connectivity index (χ3n) is 1.88. The fourth-order valence-corrected chi connectivity index (χ4v) is 1.06. The zero-order chi connectivity index (χ0) is 9.78. The summed E-state index contributed by atoms with van der Waals surface area (Å²) in [7, 11) is 0. The lowest BCUT2D eigenvalue weighted by atomic mass is 10.1. The van der Waals surface area contributed by atoms with Crippen LogP contribution in [0.4, 0.5) is 0 Å². The lowest BCUT2D eigenvalue weighted by molar-refractivity contribution is 0.246. The molecule has 0 radical (unpaired) electrons. The minimum Gasteiger partial charge on any atom is -0.501 e. The molecule has 2 nitrogen and oxygen atoms in total. The predicted octanol–water partition coefficient (Wildman–Crippen LogP) is 2.84. The largest absolute Gasteiger partial charge is 0.501 e. The summed E-state index contributed by atoms with van der Waals surface area (Å²) in [5, 5.41) is 0. The molecule has 0 aliphatic heterocycles. The lowest BCUT2D eigenvalue weighted by Gasteiger charge is -1.97. The second-order valence-corrected chi connectivity index (χ2v) is 3.23. The van der Waals surface area contributed by atoms with Crippen LogP contribution in [0.5, 0.6) is 0 Å². The molecule has 0 aromatic carbocycles. The Kier molecular flexibility index (Phi) is 11.1. The highest BCUT2D eigenvalue weighted by molar-refractivity contribution is 4.73. The van der Waals surface area contributed by atoms with Crippen LogP contribution in [0.25, 0.3) is 0 Å². The van der Waals surface area contributed by atoms with Crippen molar-refractivity contribution in [2.45, 2.75) is 45.4 Å². The van der Waals surface area contributed by atoms with Gasteiger partial charge in [-0.05, 0) is 31.9 Å². The zero-order valence-electron chi connectivity index (χ0n) is 8.80. The fourth-order valence-electron chi connectivity index (χ4n) is 1.06. The first-order valence-electron chi connectivity index (χ1n) is 5.38. The molecule has 0 spiro atoms. The summed E-state index contributed by atoms with van der Waals surface area (Å²) in [4.78, 5) is 0. The third-order valence-corrected chi connectivity index (χ3v) is 1.88. The second-order valence-electron chi connectivity index (χ2n) is 3.23. The van der Waals surface area contributed by atoms with Crippen molar-refractivity contribution >= 4 is 0 Å². The molecule has 0 heterocycles. The van der Waals surface area contributed by atoms with Crippen molar-refractivity contribution in [3.05, 3.63) is 12.3 Å². The van der Waals surface area contributed by atoms with E-state index in [4.69, 9.17) is 10.5 Å². The van der Waals surface area contributed by atoms with E-state index < -0.39 is 0 Å². The molecule has 0 saturated heterocycles. The molecule has 0 aromatic rings. The number of hydrogen-bond acceptors (Lipinski definition) is 2. The maximum atomic E-state index is 5.32. The maximum Gasteiger partial charge on any atom is 0.0885 e. The topological polar surface area (TPSA) is 35.2 Å². The van der Waals surface area contributed by atoms with Gasteiger partial charge in [0.25, 0.3) is 0 Å².